The van der Waals surface area contributed by atoms with E-state index in [1.54, 1.807) is 19.4 Å². The van der Waals surface area contributed by atoms with Crippen molar-refractivity contribution in [3.8, 4) is 17.1 Å². The van der Waals surface area contributed by atoms with Crippen LogP contribution in [0, 0.1) is 13.8 Å². The Morgan fingerprint density at radius 3 is 2.90 bits per heavy atom. The van der Waals surface area contributed by atoms with Gasteiger partial charge in [-0.05, 0) is 44.9 Å². The third-order valence-corrected chi connectivity index (χ3v) is 5.24. The van der Waals surface area contributed by atoms with Gasteiger partial charge in [-0.25, -0.2) is 9.97 Å². The zero-order valence-corrected chi connectivity index (χ0v) is 16.9. The van der Waals surface area contributed by atoms with Gasteiger partial charge in [0, 0.05) is 36.8 Å². The summed E-state index contributed by atoms with van der Waals surface area (Å²) in [4.78, 5) is 24.0. The number of amides is 1. The highest BCUT2D eigenvalue weighted by atomic mass is 16.5. The lowest BCUT2D eigenvalue weighted by atomic mass is 9.91. The zero-order valence-electron chi connectivity index (χ0n) is 16.9. The second-order valence-corrected chi connectivity index (χ2v) is 7.37. The first-order chi connectivity index (χ1) is 14.0. The van der Waals surface area contributed by atoms with Crippen LogP contribution in [-0.2, 0) is 0 Å². The molecule has 1 amide bonds. The fraction of sp³-hybridized carbons (Fsp3) is 0.364. The minimum atomic E-state index is 0.0106. The number of aryl methyl sites for hydroxylation is 2. The number of rotatable bonds is 4. The molecule has 1 aliphatic rings. The van der Waals surface area contributed by atoms with E-state index >= 15 is 0 Å². The highest BCUT2D eigenvalue weighted by Gasteiger charge is 2.29. The van der Waals surface area contributed by atoms with E-state index in [-0.39, 0.29) is 11.8 Å². The van der Waals surface area contributed by atoms with Crippen LogP contribution in [-0.4, -0.2) is 46.1 Å². The van der Waals surface area contributed by atoms with Crippen molar-refractivity contribution in [1.29, 1.82) is 0 Å². The summed E-state index contributed by atoms with van der Waals surface area (Å²) in [6.45, 7) is 5.09. The summed E-state index contributed by atoms with van der Waals surface area (Å²) in [5, 5.41) is 3.99. The predicted octanol–water partition coefficient (Wildman–Crippen LogP) is 3.78. The molecule has 0 bridgehead atoms. The minimum absolute atomic E-state index is 0.0106. The molecule has 1 aromatic carbocycles. The third kappa shape index (κ3) is 3.99. The zero-order chi connectivity index (χ0) is 20.4. The highest BCUT2D eigenvalue weighted by molar-refractivity contribution is 5.94. The van der Waals surface area contributed by atoms with E-state index in [0.29, 0.717) is 29.4 Å². The van der Waals surface area contributed by atoms with Crippen molar-refractivity contribution in [3.63, 3.8) is 0 Å². The molecule has 3 aromatic rings. The van der Waals surface area contributed by atoms with Crippen molar-refractivity contribution < 1.29 is 14.1 Å². The van der Waals surface area contributed by atoms with Gasteiger partial charge in [0.2, 0.25) is 0 Å². The average Bonchev–Trinajstić information content (AvgIpc) is 3.19. The molecular formula is C22H24N4O3. The predicted molar refractivity (Wildman–Crippen MR) is 108 cm³/mol. The number of hydrogen-bond acceptors (Lipinski definition) is 6. The number of methoxy groups -OCH3 is 1. The van der Waals surface area contributed by atoms with Gasteiger partial charge in [-0.1, -0.05) is 11.2 Å². The van der Waals surface area contributed by atoms with E-state index in [9.17, 15) is 4.79 Å². The van der Waals surface area contributed by atoms with Crippen molar-refractivity contribution >= 4 is 5.91 Å². The Balaban J connectivity index is 1.62. The first kappa shape index (κ1) is 19.1. The van der Waals surface area contributed by atoms with Gasteiger partial charge in [0.25, 0.3) is 5.91 Å². The Hall–Kier alpha value is -3.22. The monoisotopic (exact) mass is 392 g/mol. The van der Waals surface area contributed by atoms with Gasteiger partial charge >= 0.3 is 0 Å². The molecule has 0 aliphatic carbocycles. The van der Waals surface area contributed by atoms with Gasteiger partial charge in [-0.15, -0.1) is 0 Å². The van der Waals surface area contributed by atoms with Crippen molar-refractivity contribution in [2.45, 2.75) is 32.6 Å². The molecule has 0 spiro atoms. The molecule has 150 valence electrons. The molecule has 0 saturated carbocycles. The first-order valence-corrected chi connectivity index (χ1v) is 9.75. The number of nitrogens with zero attached hydrogens (tertiary/aromatic N) is 4. The number of piperidine rings is 1. The molecule has 1 saturated heterocycles. The number of likely N-dealkylation sites (tertiary alicyclic amines) is 1. The molecule has 7 heteroatoms. The number of carbonyl (C=O) groups is 1. The normalized spacial score (nSPS) is 16.7. The maximum Gasteiger partial charge on any atom is 0.254 e. The van der Waals surface area contributed by atoms with Gasteiger partial charge in [0.1, 0.15) is 11.6 Å². The molecule has 0 N–H and O–H groups in total. The molecule has 1 fully saturated rings. The Bertz CT molecular complexity index is 1030. The van der Waals surface area contributed by atoms with Gasteiger partial charge < -0.3 is 14.2 Å². The molecule has 3 heterocycles. The fourth-order valence-electron chi connectivity index (χ4n) is 3.80. The molecule has 0 unspecified atom stereocenters. The van der Waals surface area contributed by atoms with E-state index < -0.39 is 0 Å². The molecule has 0 radical (unpaired) electrons. The van der Waals surface area contributed by atoms with Crippen molar-refractivity contribution in [1.82, 2.24) is 20.0 Å². The highest BCUT2D eigenvalue weighted by Crippen LogP contribution is 2.33. The van der Waals surface area contributed by atoms with Crippen LogP contribution in [0.2, 0.25) is 0 Å². The molecule has 4 rings (SSSR count). The fourth-order valence-corrected chi connectivity index (χ4v) is 3.80. The number of hydrogen-bond donors (Lipinski definition) is 0. The standard InChI is InChI=1S/C22H24N4O3/c1-14-10-20(29-25-14)19-12-23-15(2)24-21(19)17-7-5-9-26(13-17)22(27)16-6-4-8-18(11-16)28-3/h4,6,8,10-12,17H,5,7,9,13H2,1-3H3/t17-/m1/s1. The van der Waals surface area contributed by atoms with Crippen molar-refractivity contribution in [2.24, 2.45) is 0 Å². The second-order valence-electron chi connectivity index (χ2n) is 7.37. The van der Waals surface area contributed by atoms with Gasteiger partial charge in [-0.3, -0.25) is 4.79 Å². The number of carbonyl (C=O) groups excluding carboxylic acids is 1. The smallest absolute Gasteiger partial charge is 0.254 e. The summed E-state index contributed by atoms with van der Waals surface area (Å²) in [6, 6.07) is 9.17. The SMILES string of the molecule is COc1cccc(C(=O)N2CCC[C@@H](c3nc(C)ncc3-c3cc(C)no3)C2)c1. The van der Waals surface area contributed by atoms with Gasteiger partial charge in [-0.2, -0.15) is 0 Å². The van der Waals surface area contributed by atoms with Crippen LogP contribution in [0.4, 0.5) is 0 Å². The van der Waals surface area contributed by atoms with Gasteiger partial charge in [0.05, 0.1) is 24.1 Å². The summed E-state index contributed by atoms with van der Waals surface area (Å²) in [5.41, 5.74) is 3.20. The van der Waals surface area contributed by atoms with Crippen molar-refractivity contribution in [3.05, 3.63) is 59.3 Å². The number of benzene rings is 1. The first-order valence-electron chi connectivity index (χ1n) is 9.75. The van der Waals surface area contributed by atoms with Crippen LogP contribution >= 0.6 is 0 Å². The Labute approximate surface area is 169 Å². The van der Waals surface area contributed by atoms with E-state index in [1.165, 1.54) is 0 Å². The van der Waals surface area contributed by atoms with Crippen LogP contribution in [0.15, 0.2) is 41.1 Å². The van der Waals surface area contributed by atoms with E-state index in [1.807, 2.05) is 43.0 Å². The van der Waals surface area contributed by atoms with Crippen LogP contribution in [0.25, 0.3) is 11.3 Å². The van der Waals surface area contributed by atoms with Gasteiger partial charge in [0.15, 0.2) is 5.76 Å². The second kappa shape index (κ2) is 8.03. The molecule has 2 aromatic heterocycles. The molecule has 29 heavy (non-hydrogen) atoms. The lowest BCUT2D eigenvalue weighted by molar-refractivity contribution is 0.0705. The minimum Gasteiger partial charge on any atom is -0.497 e. The number of aromatic nitrogens is 3. The topological polar surface area (TPSA) is 81.4 Å². The Morgan fingerprint density at radius 2 is 2.14 bits per heavy atom. The summed E-state index contributed by atoms with van der Waals surface area (Å²) in [5.74, 6) is 2.17. The van der Waals surface area contributed by atoms with Crippen LogP contribution in [0.1, 0.15) is 46.3 Å². The Morgan fingerprint density at radius 1 is 1.28 bits per heavy atom. The van der Waals surface area contributed by atoms with Crippen LogP contribution in [0.3, 0.4) is 0 Å². The maximum atomic E-state index is 13.1. The molecule has 1 atom stereocenters. The maximum absolute atomic E-state index is 13.1. The van der Waals surface area contributed by atoms with Crippen LogP contribution in [0.5, 0.6) is 5.75 Å². The molecule has 1 aliphatic heterocycles. The third-order valence-electron chi connectivity index (χ3n) is 5.24. The van der Waals surface area contributed by atoms with E-state index in [0.717, 1.165) is 36.3 Å². The number of ether oxygens (including phenoxy) is 1. The average molecular weight is 392 g/mol. The molecule has 7 nitrogen and oxygen atoms in total. The molecular weight excluding hydrogens is 368 g/mol. The summed E-state index contributed by atoms with van der Waals surface area (Å²) < 4.78 is 10.7. The summed E-state index contributed by atoms with van der Waals surface area (Å²) >= 11 is 0. The Kier molecular flexibility index (Phi) is 5.29. The largest absolute Gasteiger partial charge is 0.497 e. The van der Waals surface area contributed by atoms with E-state index in [4.69, 9.17) is 14.2 Å². The summed E-state index contributed by atoms with van der Waals surface area (Å²) in [6.07, 6.45) is 3.66. The van der Waals surface area contributed by atoms with Crippen LogP contribution < -0.4 is 4.74 Å². The summed E-state index contributed by atoms with van der Waals surface area (Å²) in [7, 11) is 1.60. The van der Waals surface area contributed by atoms with Crippen molar-refractivity contribution in [2.75, 3.05) is 20.2 Å². The lowest BCUT2D eigenvalue weighted by Crippen LogP contribution is -2.39. The lowest BCUT2D eigenvalue weighted by Gasteiger charge is -2.33. The quantitative estimate of drug-likeness (QED) is 0.672. The van der Waals surface area contributed by atoms with E-state index in [2.05, 4.69) is 10.1 Å².